The number of hydrazone groups is 1. The number of hydrogen-bond donors (Lipinski definition) is 2. The maximum atomic E-state index is 12.2. The van der Waals surface area contributed by atoms with Crippen molar-refractivity contribution in [3.05, 3.63) is 59.1 Å². The topological polar surface area (TPSA) is 99.1 Å². The van der Waals surface area contributed by atoms with Crippen molar-refractivity contribution in [2.45, 2.75) is 6.92 Å². The quantitative estimate of drug-likeness (QED) is 0.579. The van der Waals surface area contributed by atoms with Crippen LogP contribution in [0.4, 0.5) is 5.69 Å². The van der Waals surface area contributed by atoms with E-state index in [2.05, 4.69) is 10.5 Å². The number of amides is 1. The number of anilines is 1. The fourth-order valence-corrected chi connectivity index (χ4v) is 3.22. The molecule has 2 N–H and O–H groups in total. The summed E-state index contributed by atoms with van der Waals surface area (Å²) in [6.45, 7) is 1.15. The largest absolute Gasteiger partial charge is 0.507 e. The van der Waals surface area contributed by atoms with Gasteiger partial charge in [-0.2, -0.15) is 5.10 Å². The van der Waals surface area contributed by atoms with Crippen molar-refractivity contribution >= 4 is 38.9 Å². The number of phenols is 1. The maximum absolute atomic E-state index is 12.2. The van der Waals surface area contributed by atoms with Crippen molar-refractivity contribution in [1.29, 1.82) is 0 Å². The van der Waals surface area contributed by atoms with E-state index in [0.29, 0.717) is 16.3 Å². The number of halogens is 1. The molecule has 0 spiro atoms. The molecule has 0 saturated carbocycles. The number of nitrogens with one attached hydrogen (secondary N) is 1. The maximum Gasteiger partial charge on any atom is 0.260 e. The molecule has 2 aromatic carbocycles. The molecular weight excluding hydrogens is 378 g/mol. The summed E-state index contributed by atoms with van der Waals surface area (Å²) in [5, 5.41) is 14.0. The zero-order valence-electron chi connectivity index (χ0n) is 14.2. The molecule has 0 fully saturated rings. The third-order valence-electron chi connectivity index (χ3n) is 3.43. The highest BCUT2D eigenvalue weighted by atomic mass is 35.5. The summed E-state index contributed by atoms with van der Waals surface area (Å²) in [5.74, 6) is -0.607. The van der Waals surface area contributed by atoms with E-state index in [-0.39, 0.29) is 11.4 Å². The van der Waals surface area contributed by atoms with Gasteiger partial charge in [0, 0.05) is 10.6 Å². The van der Waals surface area contributed by atoms with Crippen LogP contribution in [0, 0.1) is 0 Å². The van der Waals surface area contributed by atoms with E-state index >= 15 is 0 Å². The Hall–Kier alpha value is -2.58. The van der Waals surface area contributed by atoms with Crippen LogP contribution in [0.2, 0.25) is 5.02 Å². The lowest BCUT2D eigenvalue weighted by molar-refractivity contribution is -0.119. The third-order valence-corrected chi connectivity index (χ3v) is 4.80. The second kappa shape index (κ2) is 8.20. The van der Waals surface area contributed by atoms with Crippen LogP contribution in [0.5, 0.6) is 5.75 Å². The van der Waals surface area contributed by atoms with E-state index in [4.69, 9.17) is 11.6 Å². The Morgan fingerprint density at radius 3 is 2.54 bits per heavy atom. The highest BCUT2D eigenvalue weighted by Crippen LogP contribution is 2.21. The van der Waals surface area contributed by atoms with Gasteiger partial charge in [-0.25, -0.2) is 13.8 Å². The van der Waals surface area contributed by atoms with Crippen molar-refractivity contribution in [3.63, 3.8) is 0 Å². The highest BCUT2D eigenvalue weighted by molar-refractivity contribution is 7.92. The number of nitrogens with zero attached hydrogens (tertiary/aromatic N) is 2. The van der Waals surface area contributed by atoms with Crippen molar-refractivity contribution in [2.75, 3.05) is 17.1 Å². The van der Waals surface area contributed by atoms with Crippen molar-refractivity contribution < 1.29 is 18.3 Å². The van der Waals surface area contributed by atoms with Gasteiger partial charge in [0.2, 0.25) is 10.0 Å². The zero-order chi connectivity index (χ0) is 19.3. The molecule has 7 nitrogen and oxygen atoms in total. The van der Waals surface area contributed by atoms with Crippen LogP contribution in [-0.2, 0) is 14.8 Å². The Bertz CT molecular complexity index is 945. The lowest BCUT2D eigenvalue weighted by Gasteiger charge is -2.21. The predicted molar refractivity (Wildman–Crippen MR) is 102 cm³/mol. The molecule has 2 aromatic rings. The first-order chi connectivity index (χ1) is 12.2. The first-order valence-corrected chi connectivity index (χ1v) is 9.76. The smallest absolute Gasteiger partial charge is 0.260 e. The molecule has 2 rings (SSSR count). The Kier molecular flexibility index (Phi) is 6.23. The van der Waals surface area contributed by atoms with E-state index in [9.17, 15) is 18.3 Å². The molecule has 0 aliphatic rings. The summed E-state index contributed by atoms with van der Waals surface area (Å²) in [4.78, 5) is 12.2. The van der Waals surface area contributed by atoms with E-state index in [1.165, 1.54) is 18.2 Å². The molecule has 0 aliphatic carbocycles. The second-order valence-electron chi connectivity index (χ2n) is 5.50. The number of benzene rings is 2. The molecule has 0 aromatic heterocycles. The lowest BCUT2D eigenvalue weighted by Crippen LogP contribution is -2.39. The number of hydrogen-bond acceptors (Lipinski definition) is 5. The fourth-order valence-electron chi connectivity index (χ4n) is 2.18. The monoisotopic (exact) mass is 395 g/mol. The SMILES string of the molecule is C/C(=N/NC(=O)CN(c1cccc(Cl)c1)S(C)(=O)=O)c1ccccc1O. The van der Waals surface area contributed by atoms with Crippen LogP contribution in [-0.4, -0.2) is 37.9 Å². The number of para-hydroxylation sites is 1. The minimum absolute atomic E-state index is 0.0275. The van der Waals surface area contributed by atoms with Gasteiger partial charge in [0.1, 0.15) is 12.3 Å². The molecule has 26 heavy (non-hydrogen) atoms. The lowest BCUT2D eigenvalue weighted by atomic mass is 10.1. The van der Waals surface area contributed by atoms with Crippen LogP contribution in [0.15, 0.2) is 53.6 Å². The number of aromatic hydroxyl groups is 1. The zero-order valence-corrected chi connectivity index (χ0v) is 15.8. The highest BCUT2D eigenvalue weighted by Gasteiger charge is 2.21. The first-order valence-electron chi connectivity index (χ1n) is 7.53. The van der Waals surface area contributed by atoms with Gasteiger partial charge in [0.05, 0.1) is 17.7 Å². The van der Waals surface area contributed by atoms with Gasteiger partial charge in [-0.1, -0.05) is 29.8 Å². The Balaban J connectivity index is 2.16. The van der Waals surface area contributed by atoms with E-state index in [0.717, 1.165) is 10.6 Å². The van der Waals surface area contributed by atoms with E-state index in [1.807, 2.05) is 0 Å². The first kappa shape index (κ1) is 19.7. The van der Waals surface area contributed by atoms with Gasteiger partial charge in [0.25, 0.3) is 5.91 Å². The number of carbonyl (C=O) groups is 1. The molecule has 0 aliphatic heterocycles. The second-order valence-corrected chi connectivity index (χ2v) is 7.84. The van der Waals surface area contributed by atoms with Crippen molar-refractivity contribution in [3.8, 4) is 5.75 Å². The molecular formula is C17H18ClN3O4S. The van der Waals surface area contributed by atoms with Crippen LogP contribution in [0.1, 0.15) is 12.5 Å². The van der Waals surface area contributed by atoms with E-state index in [1.54, 1.807) is 37.3 Å². The summed E-state index contributed by atoms with van der Waals surface area (Å²) >= 11 is 5.89. The van der Waals surface area contributed by atoms with Gasteiger partial charge in [0.15, 0.2) is 0 Å². The molecule has 0 saturated heterocycles. The number of sulfonamides is 1. The Morgan fingerprint density at radius 1 is 1.23 bits per heavy atom. The summed E-state index contributed by atoms with van der Waals surface area (Å²) in [6.07, 6.45) is 0.998. The average molecular weight is 396 g/mol. The Labute approximate surface area is 157 Å². The third kappa shape index (κ3) is 5.21. The van der Waals surface area contributed by atoms with Gasteiger partial charge in [-0.15, -0.1) is 0 Å². The summed E-state index contributed by atoms with van der Waals surface area (Å²) in [7, 11) is -3.70. The molecule has 0 bridgehead atoms. The molecule has 1 amide bonds. The average Bonchev–Trinajstić information content (AvgIpc) is 2.57. The van der Waals surface area contributed by atoms with E-state index < -0.39 is 22.5 Å². The van der Waals surface area contributed by atoms with Gasteiger partial charge < -0.3 is 5.11 Å². The number of carbonyl (C=O) groups excluding carboxylic acids is 1. The summed E-state index contributed by atoms with van der Waals surface area (Å²) in [6, 6.07) is 12.7. The minimum Gasteiger partial charge on any atom is -0.507 e. The molecule has 0 atom stereocenters. The molecule has 0 heterocycles. The standard InChI is InChI=1S/C17H18ClN3O4S/c1-12(15-8-3-4-9-16(15)22)19-20-17(23)11-21(26(2,24)25)14-7-5-6-13(18)10-14/h3-10,22H,11H2,1-2H3,(H,20,23)/b19-12-. The molecule has 0 radical (unpaired) electrons. The van der Waals surface area contributed by atoms with Crippen LogP contribution in [0.25, 0.3) is 0 Å². The molecule has 138 valence electrons. The van der Waals surface area contributed by atoms with Crippen LogP contribution >= 0.6 is 11.6 Å². The van der Waals surface area contributed by atoms with Crippen molar-refractivity contribution in [1.82, 2.24) is 5.43 Å². The molecule has 0 unspecified atom stereocenters. The fraction of sp³-hybridized carbons (Fsp3) is 0.176. The predicted octanol–water partition coefficient (Wildman–Crippen LogP) is 2.35. The Morgan fingerprint density at radius 2 is 1.92 bits per heavy atom. The van der Waals surface area contributed by atoms with Crippen molar-refractivity contribution in [2.24, 2.45) is 5.10 Å². The van der Waals surface area contributed by atoms with Gasteiger partial charge in [-0.05, 0) is 37.3 Å². The number of phenolic OH excluding ortho intramolecular Hbond substituents is 1. The van der Waals surface area contributed by atoms with Crippen LogP contribution in [0.3, 0.4) is 0 Å². The van der Waals surface area contributed by atoms with Gasteiger partial charge >= 0.3 is 0 Å². The summed E-state index contributed by atoms with van der Waals surface area (Å²) < 4.78 is 25.0. The van der Waals surface area contributed by atoms with Crippen LogP contribution < -0.4 is 9.73 Å². The molecule has 9 heteroatoms. The number of rotatable bonds is 6. The minimum atomic E-state index is -3.70. The van der Waals surface area contributed by atoms with Gasteiger partial charge in [-0.3, -0.25) is 9.10 Å². The normalized spacial score (nSPS) is 11.9. The summed E-state index contributed by atoms with van der Waals surface area (Å²) in [5.41, 5.74) is 3.41.